The Labute approximate surface area is 126 Å². The average molecular weight is 318 g/mol. The highest BCUT2D eigenvalue weighted by molar-refractivity contribution is 7.98. The minimum absolute atomic E-state index is 0.532. The zero-order chi connectivity index (χ0) is 13.0. The van der Waals surface area contributed by atoms with Crippen LogP contribution in [0.1, 0.15) is 11.1 Å². The van der Waals surface area contributed by atoms with Crippen LogP contribution in [0.5, 0.6) is 0 Å². The summed E-state index contributed by atoms with van der Waals surface area (Å²) in [6, 6.07) is 13.9. The van der Waals surface area contributed by atoms with E-state index in [1.165, 1.54) is 4.90 Å². The number of hydrogen-bond acceptors (Lipinski definition) is 1. The van der Waals surface area contributed by atoms with E-state index < -0.39 is 0 Å². The van der Waals surface area contributed by atoms with E-state index in [2.05, 4.69) is 6.07 Å². The van der Waals surface area contributed by atoms with Crippen LogP contribution < -0.4 is 0 Å². The van der Waals surface area contributed by atoms with Crippen molar-refractivity contribution in [3.63, 3.8) is 0 Å². The SMILES string of the molecule is ClCc1ccccc1SCc1ccc(Cl)c(Cl)c1. The van der Waals surface area contributed by atoms with Crippen molar-refractivity contribution in [3.05, 3.63) is 63.6 Å². The number of benzene rings is 2. The van der Waals surface area contributed by atoms with E-state index in [-0.39, 0.29) is 0 Å². The lowest BCUT2D eigenvalue weighted by Crippen LogP contribution is -1.85. The van der Waals surface area contributed by atoms with Crippen LogP contribution in [0.2, 0.25) is 10.0 Å². The van der Waals surface area contributed by atoms with E-state index in [9.17, 15) is 0 Å². The minimum Gasteiger partial charge on any atom is -0.122 e. The topological polar surface area (TPSA) is 0 Å². The first-order chi connectivity index (χ1) is 8.70. The van der Waals surface area contributed by atoms with E-state index in [0.29, 0.717) is 15.9 Å². The number of thioether (sulfide) groups is 1. The molecule has 0 saturated carbocycles. The third-order valence-corrected chi connectivity index (χ3v) is 4.71. The maximum absolute atomic E-state index is 5.99. The highest BCUT2D eigenvalue weighted by atomic mass is 35.5. The fraction of sp³-hybridized carbons (Fsp3) is 0.143. The van der Waals surface area contributed by atoms with Gasteiger partial charge in [-0.3, -0.25) is 0 Å². The number of hydrogen-bond donors (Lipinski definition) is 0. The van der Waals surface area contributed by atoms with Gasteiger partial charge in [0, 0.05) is 16.5 Å². The Morgan fingerprint density at radius 3 is 2.44 bits per heavy atom. The summed E-state index contributed by atoms with van der Waals surface area (Å²) in [5.41, 5.74) is 2.31. The van der Waals surface area contributed by atoms with Gasteiger partial charge in [-0.25, -0.2) is 0 Å². The van der Waals surface area contributed by atoms with Crippen LogP contribution in [0.3, 0.4) is 0 Å². The van der Waals surface area contributed by atoms with Crippen molar-refractivity contribution in [1.82, 2.24) is 0 Å². The van der Waals surface area contributed by atoms with Gasteiger partial charge >= 0.3 is 0 Å². The summed E-state index contributed by atoms with van der Waals surface area (Å²) in [6.45, 7) is 0. The molecule has 2 aromatic carbocycles. The van der Waals surface area contributed by atoms with Crippen molar-refractivity contribution in [2.45, 2.75) is 16.5 Å². The molecule has 0 atom stereocenters. The summed E-state index contributed by atoms with van der Waals surface area (Å²) in [5.74, 6) is 1.38. The Kier molecular flexibility index (Phi) is 5.25. The molecule has 0 radical (unpaired) electrons. The Morgan fingerprint density at radius 1 is 0.944 bits per heavy atom. The van der Waals surface area contributed by atoms with Gasteiger partial charge in [0.15, 0.2) is 0 Å². The Hall–Kier alpha value is -0.340. The summed E-state index contributed by atoms with van der Waals surface area (Å²) in [5, 5.41) is 1.19. The molecule has 2 aromatic rings. The van der Waals surface area contributed by atoms with Gasteiger partial charge in [-0.05, 0) is 29.3 Å². The molecular formula is C14H11Cl3S. The van der Waals surface area contributed by atoms with Crippen LogP contribution >= 0.6 is 46.6 Å². The van der Waals surface area contributed by atoms with Gasteiger partial charge in [0.25, 0.3) is 0 Å². The second kappa shape index (κ2) is 6.72. The Bertz CT molecular complexity index is 540. The van der Waals surface area contributed by atoms with Crippen molar-refractivity contribution in [2.75, 3.05) is 0 Å². The van der Waals surface area contributed by atoms with Crippen LogP contribution in [0.15, 0.2) is 47.4 Å². The summed E-state index contributed by atoms with van der Waals surface area (Å²) in [7, 11) is 0. The van der Waals surface area contributed by atoms with Crippen LogP contribution in [0.25, 0.3) is 0 Å². The van der Waals surface area contributed by atoms with E-state index >= 15 is 0 Å². The van der Waals surface area contributed by atoms with E-state index in [1.54, 1.807) is 11.8 Å². The fourth-order valence-electron chi connectivity index (χ4n) is 1.55. The van der Waals surface area contributed by atoms with E-state index in [0.717, 1.165) is 16.9 Å². The molecule has 0 saturated heterocycles. The van der Waals surface area contributed by atoms with Crippen molar-refractivity contribution in [3.8, 4) is 0 Å². The van der Waals surface area contributed by atoms with Gasteiger partial charge in [0.2, 0.25) is 0 Å². The molecule has 0 unspecified atom stereocenters. The second-order valence-electron chi connectivity index (χ2n) is 3.78. The molecule has 0 bridgehead atoms. The zero-order valence-corrected chi connectivity index (χ0v) is 12.6. The molecule has 2 rings (SSSR count). The zero-order valence-electron chi connectivity index (χ0n) is 9.50. The molecule has 0 aliphatic heterocycles. The lowest BCUT2D eigenvalue weighted by Gasteiger charge is -2.07. The van der Waals surface area contributed by atoms with Crippen molar-refractivity contribution in [1.29, 1.82) is 0 Å². The molecule has 0 heterocycles. The lowest BCUT2D eigenvalue weighted by molar-refractivity contribution is 1.25. The monoisotopic (exact) mass is 316 g/mol. The summed E-state index contributed by atoms with van der Waals surface area (Å²) in [4.78, 5) is 1.21. The van der Waals surface area contributed by atoms with Crippen molar-refractivity contribution < 1.29 is 0 Å². The smallest absolute Gasteiger partial charge is 0.0595 e. The van der Waals surface area contributed by atoms with Gasteiger partial charge in [-0.1, -0.05) is 47.5 Å². The Morgan fingerprint density at radius 2 is 1.72 bits per heavy atom. The van der Waals surface area contributed by atoms with Gasteiger partial charge in [0.05, 0.1) is 10.0 Å². The molecule has 0 spiro atoms. The molecule has 0 amide bonds. The number of halogens is 3. The quantitative estimate of drug-likeness (QED) is 0.490. The normalized spacial score (nSPS) is 10.6. The molecule has 0 nitrogen and oxygen atoms in total. The van der Waals surface area contributed by atoms with E-state index in [4.69, 9.17) is 34.8 Å². The molecular weight excluding hydrogens is 307 g/mol. The molecule has 0 aliphatic rings. The van der Waals surface area contributed by atoms with Crippen LogP contribution in [-0.4, -0.2) is 0 Å². The molecule has 4 heteroatoms. The average Bonchev–Trinajstić information content (AvgIpc) is 2.40. The maximum Gasteiger partial charge on any atom is 0.0595 e. The standard InChI is InChI=1S/C14H11Cl3S/c15-8-11-3-1-2-4-14(11)18-9-10-5-6-12(16)13(17)7-10/h1-7H,8-9H2. The highest BCUT2D eigenvalue weighted by Gasteiger charge is 2.03. The molecule has 0 aromatic heterocycles. The van der Waals surface area contributed by atoms with Crippen LogP contribution in [0.4, 0.5) is 0 Å². The largest absolute Gasteiger partial charge is 0.122 e. The molecule has 0 N–H and O–H groups in total. The Balaban J connectivity index is 2.09. The predicted octanol–water partition coefficient (Wildman–Crippen LogP) is 6.02. The number of rotatable bonds is 4. The molecule has 0 aliphatic carbocycles. The van der Waals surface area contributed by atoms with Crippen LogP contribution in [0, 0.1) is 0 Å². The summed E-state index contributed by atoms with van der Waals surface area (Å²) >= 11 is 19.5. The third-order valence-electron chi connectivity index (χ3n) is 2.49. The molecule has 94 valence electrons. The highest BCUT2D eigenvalue weighted by Crippen LogP contribution is 2.29. The molecule has 0 fully saturated rings. The second-order valence-corrected chi connectivity index (χ2v) is 5.88. The van der Waals surface area contributed by atoms with Crippen molar-refractivity contribution >= 4 is 46.6 Å². The third kappa shape index (κ3) is 3.58. The minimum atomic E-state index is 0.532. The van der Waals surface area contributed by atoms with Gasteiger partial charge < -0.3 is 0 Å². The first kappa shape index (κ1) is 14.1. The van der Waals surface area contributed by atoms with Gasteiger partial charge in [-0.15, -0.1) is 23.4 Å². The van der Waals surface area contributed by atoms with Crippen LogP contribution in [-0.2, 0) is 11.6 Å². The molecule has 18 heavy (non-hydrogen) atoms. The van der Waals surface area contributed by atoms with Gasteiger partial charge in [-0.2, -0.15) is 0 Å². The van der Waals surface area contributed by atoms with Gasteiger partial charge in [0.1, 0.15) is 0 Å². The van der Waals surface area contributed by atoms with Crippen molar-refractivity contribution in [2.24, 2.45) is 0 Å². The fourth-order valence-corrected chi connectivity index (χ4v) is 3.18. The summed E-state index contributed by atoms with van der Waals surface area (Å²) < 4.78 is 0. The lowest BCUT2D eigenvalue weighted by atomic mass is 10.2. The summed E-state index contributed by atoms with van der Waals surface area (Å²) in [6.07, 6.45) is 0. The maximum atomic E-state index is 5.99. The predicted molar refractivity (Wildman–Crippen MR) is 82.0 cm³/mol. The number of alkyl halides is 1. The first-order valence-electron chi connectivity index (χ1n) is 5.41. The first-order valence-corrected chi connectivity index (χ1v) is 7.69. The van der Waals surface area contributed by atoms with E-state index in [1.807, 2.05) is 36.4 Å².